The van der Waals surface area contributed by atoms with Crippen molar-refractivity contribution in [3.8, 4) is 22.3 Å². The van der Waals surface area contributed by atoms with Crippen molar-refractivity contribution in [1.82, 2.24) is 10.6 Å². The van der Waals surface area contributed by atoms with Crippen molar-refractivity contribution in [3.05, 3.63) is 109 Å². The van der Waals surface area contributed by atoms with Crippen molar-refractivity contribution in [2.75, 3.05) is 9.80 Å². The first kappa shape index (κ1) is 60.8. The second-order valence-electron chi connectivity index (χ2n) is 18.0. The van der Waals surface area contributed by atoms with Gasteiger partial charge in [-0.2, -0.15) is 0 Å². The number of carboxylic acids is 4. The number of carboxylic acid groups (broad SMARTS) is 4. The summed E-state index contributed by atoms with van der Waals surface area (Å²) in [5, 5.41) is 48.7. The molecule has 0 fully saturated rings. The zero-order valence-electron chi connectivity index (χ0n) is 41.6. The minimum atomic E-state index is -1.39. The molecule has 0 unspecified atom stereocenters. The van der Waals surface area contributed by atoms with E-state index in [1.165, 1.54) is 23.6 Å². The molecule has 6 atom stereocenters. The molecule has 0 radical (unpaired) electrons. The smallest absolute Gasteiger partial charge is 0.548 e. The Morgan fingerprint density at radius 2 is 0.721 bits per heavy atom. The number of aliphatic carboxylic acids is 4. The van der Waals surface area contributed by atoms with Gasteiger partial charge >= 0.3 is 49.7 Å². The fourth-order valence-corrected chi connectivity index (χ4v) is 7.47. The number of carbonyl (C=O) groups excluding carboxylic acids is 4. The Bertz CT molecular complexity index is 2050. The minimum absolute atomic E-state index is 0. The van der Waals surface area contributed by atoms with Gasteiger partial charge in [0.15, 0.2) is 0 Å². The summed E-state index contributed by atoms with van der Waals surface area (Å²) in [4.78, 5) is 76.7. The molecule has 0 heterocycles. The third-order valence-electron chi connectivity index (χ3n) is 11.1. The fraction of sp³-hybridized carbons (Fsp3) is 0.423. The number of hydrogen-bond acceptors (Lipinski definition) is 10. The van der Waals surface area contributed by atoms with Crippen LogP contribution in [0.15, 0.2) is 109 Å². The topological polar surface area (TPSA) is 220 Å². The van der Waals surface area contributed by atoms with Gasteiger partial charge in [-0.3, -0.25) is 29.8 Å². The van der Waals surface area contributed by atoms with Crippen LogP contribution < -0.4 is 68.4 Å². The molecule has 0 aliphatic heterocycles. The van der Waals surface area contributed by atoms with Crippen molar-refractivity contribution < 1.29 is 86.9 Å². The summed E-state index contributed by atoms with van der Waals surface area (Å²) < 4.78 is 0. The van der Waals surface area contributed by atoms with Crippen molar-refractivity contribution >= 4 is 47.1 Å². The Morgan fingerprint density at radius 3 is 0.941 bits per heavy atom. The largest absolute Gasteiger partial charge is 1.00 e. The first-order chi connectivity index (χ1) is 31.0. The Hall–Kier alpha value is -5.19. The molecule has 0 saturated carbocycles. The Labute approximate surface area is 425 Å². The zero-order chi connectivity index (χ0) is 49.4. The van der Waals surface area contributed by atoms with E-state index in [0.717, 1.165) is 22.3 Å². The van der Waals surface area contributed by atoms with Gasteiger partial charge in [0.25, 0.3) is 0 Å². The number of carbonyl (C=O) groups is 6. The molecule has 0 bridgehead atoms. The average molecular weight is 921 g/mol. The molecule has 0 spiro atoms. The summed E-state index contributed by atoms with van der Waals surface area (Å²) in [7, 11) is 0. The zero-order valence-corrected chi connectivity index (χ0v) is 41.6. The molecule has 0 aliphatic rings. The predicted octanol–water partition coefficient (Wildman–Crippen LogP) is -0.115. The summed E-state index contributed by atoms with van der Waals surface area (Å²) in [5.74, 6) is -6.27. The van der Waals surface area contributed by atoms with Crippen molar-refractivity contribution in [2.45, 2.75) is 118 Å². The Balaban J connectivity index is 0.000000661. The molecule has 0 aliphatic carbocycles. The second-order valence-corrected chi connectivity index (χ2v) is 18.0. The van der Waals surface area contributed by atoms with Gasteiger partial charge in [0.1, 0.15) is 12.1 Å². The van der Waals surface area contributed by atoms with E-state index in [1.54, 1.807) is 52.0 Å². The molecular weight excluding hydrogens is 854 g/mol. The van der Waals surface area contributed by atoms with E-state index >= 15 is 0 Å². The van der Waals surface area contributed by atoms with E-state index in [9.17, 15) is 49.2 Å². The maximum atomic E-state index is 13.6. The minimum Gasteiger partial charge on any atom is -0.548 e. The number of hydrogen-bond donors (Lipinski definition) is 4. The van der Waals surface area contributed by atoms with E-state index in [1.807, 2.05) is 113 Å². The quantitative estimate of drug-likeness (QED) is 0.0760. The van der Waals surface area contributed by atoms with Crippen LogP contribution in [0.2, 0.25) is 0 Å². The number of nitrogens with zero attached hydrogens (tertiary/aromatic N) is 2. The molecule has 4 aromatic rings. The number of amides is 2. The van der Waals surface area contributed by atoms with Crippen molar-refractivity contribution in [3.63, 3.8) is 0 Å². The van der Waals surface area contributed by atoms with Crippen LogP contribution in [0.4, 0.5) is 11.4 Å². The molecular formula is C52H66Li2N4O10. The van der Waals surface area contributed by atoms with Crippen LogP contribution in [-0.4, -0.2) is 82.2 Å². The molecule has 0 aromatic heterocycles. The molecule has 16 heteroatoms. The van der Waals surface area contributed by atoms with Gasteiger partial charge < -0.3 is 39.8 Å². The Morgan fingerprint density at radius 1 is 0.456 bits per heavy atom. The number of nitrogens with one attached hydrogen (secondary N) is 2. The maximum Gasteiger partial charge on any atom is 1.00 e. The number of benzene rings is 4. The van der Waals surface area contributed by atoms with Crippen LogP contribution >= 0.6 is 0 Å². The molecule has 4 aromatic carbocycles. The molecule has 14 nitrogen and oxygen atoms in total. The van der Waals surface area contributed by atoms with Crippen LogP contribution in [-0.2, 0) is 28.8 Å². The molecule has 356 valence electrons. The third kappa shape index (κ3) is 17.7. The fourth-order valence-electron chi connectivity index (χ4n) is 7.47. The van der Waals surface area contributed by atoms with Crippen LogP contribution in [0.5, 0.6) is 0 Å². The molecule has 2 amide bonds. The van der Waals surface area contributed by atoms with E-state index in [-0.39, 0.29) is 61.4 Å². The monoisotopic (exact) mass is 921 g/mol. The summed E-state index contributed by atoms with van der Waals surface area (Å²) in [6.45, 7) is 17.5. The molecule has 4 N–H and O–H groups in total. The van der Waals surface area contributed by atoms with Crippen LogP contribution in [0.3, 0.4) is 0 Å². The second kappa shape index (κ2) is 29.0. The predicted molar refractivity (Wildman–Crippen MR) is 253 cm³/mol. The third-order valence-corrected chi connectivity index (χ3v) is 11.1. The molecule has 68 heavy (non-hydrogen) atoms. The van der Waals surface area contributed by atoms with Gasteiger partial charge in [-0.25, -0.2) is 0 Å². The molecule has 4 rings (SSSR count). The number of rotatable bonds is 22. The van der Waals surface area contributed by atoms with Crippen LogP contribution in [0.1, 0.15) is 82.1 Å². The van der Waals surface area contributed by atoms with Gasteiger partial charge in [-0.05, 0) is 96.9 Å². The van der Waals surface area contributed by atoms with E-state index in [0.29, 0.717) is 24.2 Å². The van der Waals surface area contributed by atoms with Gasteiger partial charge in [-0.1, -0.05) is 140 Å². The van der Waals surface area contributed by atoms with Crippen LogP contribution in [0.25, 0.3) is 22.3 Å². The first-order valence-corrected chi connectivity index (χ1v) is 22.4. The summed E-state index contributed by atoms with van der Waals surface area (Å²) in [6.07, 6.45) is 0.710. The first-order valence-electron chi connectivity index (χ1n) is 22.4. The van der Waals surface area contributed by atoms with E-state index < -0.39 is 71.9 Å². The van der Waals surface area contributed by atoms with E-state index in [4.69, 9.17) is 0 Å². The summed E-state index contributed by atoms with van der Waals surface area (Å²) in [5.41, 5.74) is 4.66. The van der Waals surface area contributed by atoms with Crippen molar-refractivity contribution in [1.29, 1.82) is 0 Å². The Kier molecular flexibility index (Phi) is 25.9. The normalized spacial score (nSPS) is 13.6. The van der Waals surface area contributed by atoms with Gasteiger partial charge in [-0.15, -0.1) is 0 Å². The number of anilines is 2. The summed E-state index contributed by atoms with van der Waals surface area (Å²) >= 11 is 0. The van der Waals surface area contributed by atoms with E-state index in [2.05, 4.69) is 10.6 Å². The van der Waals surface area contributed by atoms with Crippen molar-refractivity contribution in [2.24, 2.45) is 23.7 Å². The summed E-state index contributed by atoms with van der Waals surface area (Å²) in [6, 6.07) is 27.4. The van der Waals surface area contributed by atoms with Gasteiger partial charge in [0.05, 0.1) is 36.1 Å². The van der Waals surface area contributed by atoms with Crippen LogP contribution in [0, 0.1) is 23.7 Å². The standard InChI is InChI=1S/2C26H34N2O5.2Li/c2*1-16(2)15-22(27-23(17(3)4)26(32)33)24(29)28(18(5)25(30)31)21-13-11-20(12-14-21)19-9-7-6-8-10-19;;/h2*6-14,16-18,22-23,27H,15H2,1-5H3,(H,30,31)(H,32,33);;/q;;2*+1/p-2/t2*18-,22-,23-;;/m00../s1. The average Bonchev–Trinajstić information content (AvgIpc) is 3.26. The van der Waals surface area contributed by atoms with Gasteiger partial charge in [0, 0.05) is 11.4 Å². The maximum absolute atomic E-state index is 13.6. The SMILES string of the molecule is CC(C)C[C@H](N[C@H](C(=O)O)C(C)C)C(=O)N(c1ccc(-c2ccccc2)cc1)[C@@H](C)C(=O)[O-].CC(C)C[C@H](N[C@H](C(=O)O)C(C)C)C(=O)N(c1ccc(-c2ccccc2)cc1)[C@@H](C)C(=O)[O-].[Li+].[Li+]. The molecule has 0 saturated heterocycles. The van der Waals surface area contributed by atoms with Gasteiger partial charge in [0.2, 0.25) is 11.8 Å².